The number of aliphatic hydroxyl groups is 1. The molecule has 1 heterocycles. The van der Waals surface area contributed by atoms with E-state index >= 15 is 0 Å². The quantitative estimate of drug-likeness (QED) is 0.833. The van der Waals surface area contributed by atoms with Crippen LogP contribution in [0, 0.1) is 6.92 Å². The molecule has 0 spiro atoms. The van der Waals surface area contributed by atoms with Crippen LogP contribution in [0.15, 0.2) is 45.2 Å². The molecule has 94 valence electrons. The number of aromatic nitrogens is 2. The van der Waals surface area contributed by atoms with Crippen molar-refractivity contribution in [2.75, 3.05) is 0 Å². The van der Waals surface area contributed by atoms with Crippen molar-refractivity contribution >= 4 is 11.8 Å². The zero-order chi connectivity index (χ0) is 13.1. The third-order valence-electron chi connectivity index (χ3n) is 2.42. The summed E-state index contributed by atoms with van der Waals surface area (Å²) in [5, 5.41) is 10.2. The lowest BCUT2D eigenvalue weighted by atomic mass is 10.1. The summed E-state index contributed by atoms with van der Waals surface area (Å²) < 4.78 is 0. The topological polar surface area (TPSA) is 66.0 Å². The van der Waals surface area contributed by atoms with Gasteiger partial charge in [-0.25, -0.2) is 4.98 Å². The van der Waals surface area contributed by atoms with E-state index in [4.69, 9.17) is 0 Å². The second-order valence-electron chi connectivity index (χ2n) is 4.01. The summed E-state index contributed by atoms with van der Waals surface area (Å²) in [4.78, 5) is 19.2. The normalized spacial score (nSPS) is 12.4. The van der Waals surface area contributed by atoms with Crippen LogP contribution in [0.2, 0.25) is 0 Å². The summed E-state index contributed by atoms with van der Waals surface area (Å²) in [5.74, 6) is 0. The summed E-state index contributed by atoms with van der Waals surface area (Å²) in [7, 11) is 0. The van der Waals surface area contributed by atoms with E-state index in [1.54, 1.807) is 13.8 Å². The molecule has 0 fully saturated rings. The third kappa shape index (κ3) is 3.00. The number of aromatic amines is 1. The van der Waals surface area contributed by atoms with Crippen LogP contribution in [0.5, 0.6) is 0 Å². The monoisotopic (exact) mass is 262 g/mol. The number of aliphatic hydroxyl groups excluding tert-OH is 1. The zero-order valence-electron chi connectivity index (χ0n) is 10.2. The molecule has 1 aromatic carbocycles. The molecule has 1 atom stereocenters. The molecular formula is C13H14N2O2S. The number of rotatable bonds is 3. The number of aryl methyl sites for hydroxylation is 1. The highest BCUT2D eigenvalue weighted by Crippen LogP contribution is 2.30. The maximum absolute atomic E-state index is 11.4. The van der Waals surface area contributed by atoms with E-state index < -0.39 is 6.10 Å². The second kappa shape index (κ2) is 5.37. The maximum atomic E-state index is 11.4. The van der Waals surface area contributed by atoms with E-state index in [9.17, 15) is 9.90 Å². The van der Waals surface area contributed by atoms with Crippen molar-refractivity contribution in [1.29, 1.82) is 0 Å². The average Bonchev–Trinajstić information content (AvgIpc) is 2.27. The number of H-pyrrole nitrogens is 1. The van der Waals surface area contributed by atoms with Gasteiger partial charge in [0.1, 0.15) is 0 Å². The molecule has 0 amide bonds. The molecular weight excluding hydrogens is 248 g/mol. The predicted octanol–water partition coefficient (Wildman–Crippen LogP) is 2.28. The standard InChI is InChI=1S/C13H14N2O2S/c1-8-7-12(17)15-13(14-8)18-11-6-4-3-5-10(11)9(2)16/h3-7,9,16H,1-2H3,(H,14,15,17)/t9-/m0/s1. The van der Waals surface area contributed by atoms with Crippen molar-refractivity contribution in [2.24, 2.45) is 0 Å². The largest absolute Gasteiger partial charge is 0.389 e. The molecule has 0 bridgehead atoms. The number of hydrogen-bond acceptors (Lipinski definition) is 4. The molecule has 5 heteroatoms. The van der Waals surface area contributed by atoms with Crippen LogP contribution >= 0.6 is 11.8 Å². The number of nitrogens with one attached hydrogen (secondary N) is 1. The summed E-state index contributed by atoms with van der Waals surface area (Å²) in [5.41, 5.74) is 1.34. The van der Waals surface area contributed by atoms with Gasteiger partial charge in [0.05, 0.1) is 6.10 Å². The molecule has 2 N–H and O–H groups in total. The third-order valence-corrected chi connectivity index (χ3v) is 3.40. The Morgan fingerprint density at radius 2 is 2.11 bits per heavy atom. The van der Waals surface area contributed by atoms with Gasteiger partial charge in [0.2, 0.25) is 0 Å². The Balaban J connectivity index is 2.37. The molecule has 0 aliphatic carbocycles. The van der Waals surface area contributed by atoms with Gasteiger partial charge < -0.3 is 10.1 Å². The first-order valence-electron chi connectivity index (χ1n) is 5.59. The van der Waals surface area contributed by atoms with Crippen LogP contribution in [-0.4, -0.2) is 15.1 Å². The van der Waals surface area contributed by atoms with Crippen LogP contribution in [0.3, 0.4) is 0 Å². The summed E-state index contributed by atoms with van der Waals surface area (Å²) in [6, 6.07) is 8.97. The van der Waals surface area contributed by atoms with E-state index in [2.05, 4.69) is 9.97 Å². The molecule has 0 aliphatic rings. The van der Waals surface area contributed by atoms with Gasteiger partial charge >= 0.3 is 0 Å². The smallest absolute Gasteiger partial charge is 0.251 e. The fourth-order valence-corrected chi connectivity index (χ4v) is 2.68. The maximum Gasteiger partial charge on any atom is 0.251 e. The van der Waals surface area contributed by atoms with Crippen LogP contribution in [0.25, 0.3) is 0 Å². The van der Waals surface area contributed by atoms with Gasteiger partial charge in [-0.3, -0.25) is 4.79 Å². The Morgan fingerprint density at radius 1 is 1.39 bits per heavy atom. The lowest BCUT2D eigenvalue weighted by Gasteiger charge is -2.10. The molecule has 1 aromatic heterocycles. The van der Waals surface area contributed by atoms with Crippen LogP contribution in [0.1, 0.15) is 24.3 Å². The van der Waals surface area contributed by atoms with Crippen molar-refractivity contribution in [2.45, 2.75) is 30.0 Å². The molecule has 0 unspecified atom stereocenters. The van der Waals surface area contributed by atoms with Gasteiger partial charge in [0, 0.05) is 16.7 Å². The lowest BCUT2D eigenvalue weighted by Crippen LogP contribution is -2.08. The Kier molecular flexibility index (Phi) is 3.84. The number of hydrogen-bond donors (Lipinski definition) is 2. The fraction of sp³-hybridized carbons (Fsp3) is 0.231. The van der Waals surface area contributed by atoms with E-state index in [1.807, 2.05) is 24.3 Å². The summed E-state index contributed by atoms with van der Waals surface area (Å²) in [6.07, 6.45) is -0.551. The first kappa shape index (κ1) is 12.9. The van der Waals surface area contributed by atoms with Gasteiger partial charge in [-0.05, 0) is 25.5 Å². The minimum Gasteiger partial charge on any atom is -0.389 e. The average molecular weight is 262 g/mol. The number of benzene rings is 1. The van der Waals surface area contributed by atoms with Crippen LogP contribution in [0.4, 0.5) is 0 Å². The van der Waals surface area contributed by atoms with Gasteiger partial charge in [-0.1, -0.05) is 30.0 Å². The molecule has 18 heavy (non-hydrogen) atoms. The molecule has 2 rings (SSSR count). The van der Waals surface area contributed by atoms with E-state index in [-0.39, 0.29) is 5.56 Å². The minimum atomic E-state index is -0.551. The Bertz CT molecular complexity index is 608. The molecule has 2 aromatic rings. The van der Waals surface area contributed by atoms with Gasteiger partial charge in [0.15, 0.2) is 5.16 Å². The Morgan fingerprint density at radius 3 is 2.78 bits per heavy atom. The van der Waals surface area contributed by atoms with Crippen LogP contribution in [-0.2, 0) is 0 Å². The van der Waals surface area contributed by atoms with Crippen molar-refractivity contribution in [3.8, 4) is 0 Å². The molecule has 0 saturated carbocycles. The Hall–Kier alpha value is -1.59. The lowest BCUT2D eigenvalue weighted by molar-refractivity contribution is 0.196. The van der Waals surface area contributed by atoms with Crippen molar-refractivity contribution < 1.29 is 5.11 Å². The highest BCUT2D eigenvalue weighted by molar-refractivity contribution is 7.99. The van der Waals surface area contributed by atoms with Gasteiger partial charge in [0.25, 0.3) is 5.56 Å². The molecule has 0 aliphatic heterocycles. The predicted molar refractivity (Wildman–Crippen MR) is 70.8 cm³/mol. The van der Waals surface area contributed by atoms with Crippen molar-refractivity contribution in [3.05, 3.63) is 51.9 Å². The SMILES string of the molecule is Cc1cc(=O)[nH]c(Sc2ccccc2[C@H](C)O)n1. The van der Waals surface area contributed by atoms with E-state index in [1.165, 1.54) is 17.8 Å². The first-order valence-corrected chi connectivity index (χ1v) is 6.41. The first-order chi connectivity index (χ1) is 8.56. The summed E-state index contributed by atoms with van der Waals surface area (Å²) >= 11 is 1.34. The van der Waals surface area contributed by atoms with Gasteiger partial charge in [-0.15, -0.1) is 0 Å². The van der Waals surface area contributed by atoms with Crippen molar-refractivity contribution in [3.63, 3.8) is 0 Å². The molecule has 4 nitrogen and oxygen atoms in total. The van der Waals surface area contributed by atoms with E-state index in [0.29, 0.717) is 10.9 Å². The van der Waals surface area contributed by atoms with Gasteiger partial charge in [-0.2, -0.15) is 0 Å². The molecule has 0 radical (unpaired) electrons. The zero-order valence-corrected chi connectivity index (χ0v) is 11.0. The van der Waals surface area contributed by atoms with Crippen molar-refractivity contribution in [1.82, 2.24) is 9.97 Å². The number of nitrogens with zero attached hydrogens (tertiary/aromatic N) is 1. The van der Waals surface area contributed by atoms with E-state index in [0.717, 1.165) is 10.5 Å². The molecule has 0 saturated heterocycles. The highest BCUT2D eigenvalue weighted by atomic mass is 32.2. The Labute approximate surface area is 109 Å². The van der Waals surface area contributed by atoms with Crippen LogP contribution < -0.4 is 5.56 Å². The highest BCUT2D eigenvalue weighted by Gasteiger charge is 2.09. The fourth-order valence-electron chi connectivity index (χ4n) is 1.62. The second-order valence-corrected chi connectivity index (χ2v) is 5.04. The summed E-state index contributed by atoms with van der Waals surface area (Å²) in [6.45, 7) is 3.49. The minimum absolute atomic E-state index is 0.167.